The number of nitriles is 2. The van der Waals surface area contributed by atoms with E-state index >= 15 is 0 Å². The Morgan fingerprint density at radius 2 is 1.85 bits per heavy atom. The molecule has 0 heterocycles. The number of hydrogen-bond acceptors (Lipinski definition) is 3. The monoisotopic (exact) mass is 243 g/mol. The lowest BCUT2D eigenvalue weighted by Crippen LogP contribution is -2.30. The van der Waals surface area contributed by atoms with E-state index in [4.69, 9.17) is 10.5 Å². The fraction of sp³-hybridized carbons (Fsp3) is 0.778. The summed E-state index contributed by atoms with van der Waals surface area (Å²) in [6.07, 6.45) is 1.07. The minimum absolute atomic E-state index is 0.344. The predicted octanol–water partition coefficient (Wildman–Crippen LogP) is 1.76. The maximum atomic E-state index is 8.51. The molecule has 0 saturated heterocycles. The first kappa shape index (κ1) is 12.4. The molecule has 0 spiro atoms. The summed E-state index contributed by atoms with van der Waals surface area (Å²) in [4.78, 5) is 1.87. The van der Waals surface area contributed by atoms with Crippen LogP contribution in [0.1, 0.15) is 13.3 Å². The van der Waals surface area contributed by atoms with E-state index in [0.29, 0.717) is 19.0 Å². The highest BCUT2D eigenvalue weighted by atomic mass is 79.9. The molecular formula is C9H14BrN3. The lowest BCUT2D eigenvalue weighted by molar-refractivity contribution is 0.290. The van der Waals surface area contributed by atoms with Gasteiger partial charge in [-0.2, -0.15) is 10.5 Å². The van der Waals surface area contributed by atoms with E-state index in [1.165, 1.54) is 0 Å². The van der Waals surface area contributed by atoms with Crippen molar-refractivity contribution in [1.29, 1.82) is 10.5 Å². The molecule has 0 aliphatic carbocycles. The fourth-order valence-corrected chi connectivity index (χ4v) is 1.70. The van der Waals surface area contributed by atoms with E-state index in [0.717, 1.165) is 18.3 Å². The molecule has 72 valence electrons. The Morgan fingerprint density at radius 1 is 1.31 bits per heavy atom. The third-order valence-electron chi connectivity index (χ3n) is 1.90. The van der Waals surface area contributed by atoms with Crippen LogP contribution in [-0.2, 0) is 0 Å². The van der Waals surface area contributed by atoms with Gasteiger partial charge in [0.15, 0.2) is 0 Å². The Labute approximate surface area is 88.1 Å². The van der Waals surface area contributed by atoms with E-state index < -0.39 is 0 Å². The molecule has 13 heavy (non-hydrogen) atoms. The van der Waals surface area contributed by atoms with Crippen LogP contribution in [-0.4, -0.2) is 29.9 Å². The van der Waals surface area contributed by atoms with Crippen LogP contribution in [0.4, 0.5) is 0 Å². The van der Waals surface area contributed by atoms with Crippen LogP contribution in [0.25, 0.3) is 0 Å². The molecule has 0 rings (SSSR count). The van der Waals surface area contributed by atoms with Gasteiger partial charge in [-0.25, -0.2) is 0 Å². The summed E-state index contributed by atoms with van der Waals surface area (Å²) >= 11 is 3.41. The second-order valence-corrected chi connectivity index (χ2v) is 3.56. The molecule has 0 fully saturated rings. The SMILES string of the molecule is CCC(CBr)CN(CC#N)CC#N. The minimum atomic E-state index is 0.344. The van der Waals surface area contributed by atoms with Crippen molar-refractivity contribution in [3.63, 3.8) is 0 Å². The molecule has 3 nitrogen and oxygen atoms in total. The van der Waals surface area contributed by atoms with Crippen molar-refractivity contribution in [2.75, 3.05) is 25.0 Å². The average Bonchev–Trinajstić information content (AvgIpc) is 2.14. The highest BCUT2D eigenvalue weighted by molar-refractivity contribution is 9.09. The first-order chi connectivity index (χ1) is 6.28. The quantitative estimate of drug-likeness (QED) is 0.528. The van der Waals surface area contributed by atoms with Crippen LogP contribution in [0.2, 0.25) is 0 Å². The Kier molecular flexibility index (Phi) is 7.68. The Hall–Kier alpha value is -0.580. The maximum absolute atomic E-state index is 8.51. The number of alkyl halides is 1. The van der Waals surface area contributed by atoms with E-state index in [1.807, 2.05) is 4.90 Å². The Balaban J connectivity index is 3.94. The summed E-state index contributed by atoms with van der Waals surface area (Å²) in [5.74, 6) is 0.529. The largest absolute Gasteiger partial charge is 0.277 e. The summed E-state index contributed by atoms with van der Waals surface area (Å²) in [6, 6.07) is 4.13. The van der Waals surface area contributed by atoms with Gasteiger partial charge >= 0.3 is 0 Å². The van der Waals surface area contributed by atoms with Crippen LogP contribution < -0.4 is 0 Å². The zero-order valence-corrected chi connectivity index (χ0v) is 9.42. The van der Waals surface area contributed by atoms with Gasteiger partial charge in [0, 0.05) is 11.9 Å². The van der Waals surface area contributed by atoms with Crippen molar-refractivity contribution >= 4 is 15.9 Å². The normalized spacial score (nSPS) is 12.1. The Morgan fingerprint density at radius 3 is 2.15 bits per heavy atom. The number of halogens is 1. The van der Waals surface area contributed by atoms with Crippen molar-refractivity contribution in [1.82, 2.24) is 4.90 Å². The van der Waals surface area contributed by atoms with Crippen molar-refractivity contribution in [3.8, 4) is 12.1 Å². The molecule has 0 bridgehead atoms. The zero-order valence-electron chi connectivity index (χ0n) is 7.83. The fourth-order valence-electron chi connectivity index (χ4n) is 1.04. The molecule has 0 aliphatic heterocycles. The molecule has 0 aromatic rings. The molecule has 0 amide bonds. The third-order valence-corrected chi connectivity index (χ3v) is 2.82. The molecule has 1 atom stereocenters. The summed E-state index contributed by atoms with van der Waals surface area (Å²) in [5, 5.41) is 17.9. The van der Waals surface area contributed by atoms with Gasteiger partial charge in [-0.15, -0.1) is 0 Å². The molecule has 0 aromatic heterocycles. The van der Waals surface area contributed by atoms with Crippen molar-refractivity contribution in [3.05, 3.63) is 0 Å². The molecule has 0 aromatic carbocycles. The predicted molar refractivity (Wildman–Crippen MR) is 55.2 cm³/mol. The van der Waals surface area contributed by atoms with Gasteiger partial charge in [0.05, 0.1) is 25.2 Å². The van der Waals surface area contributed by atoms with Gasteiger partial charge < -0.3 is 0 Å². The maximum Gasteiger partial charge on any atom is 0.0874 e. The van der Waals surface area contributed by atoms with Gasteiger partial charge in [-0.1, -0.05) is 29.3 Å². The number of hydrogen-bond donors (Lipinski definition) is 0. The lowest BCUT2D eigenvalue weighted by Gasteiger charge is -2.20. The lowest BCUT2D eigenvalue weighted by atomic mass is 10.1. The van der Waals surface area contributed by atoms with E-state index in [1.54, 1.807) is 0 Å². The van der Waals surface area contributed by atoms with Gasteiger partial charge in [0.2, 0.25) is 0 Å². The van der Waals surface area contributed by atoms with Crippen LogP contribution in [0.5, 0.6) is 0 Å². The van der Waals surface area contributed by atoms with Gasteiger partial charge in [0.25, 0.3) is 0 Å². The summed E-state index contributed by atoms with van der Waals surface area (Å²) < 4.78 is 0. The molecule has 4 heteroatoms. The molecule has 0 saturated carbocycles. The van der Waals surface area contributed by atoms with Crippen LogP contribution in [0, 0.1) is 28.6 Å². The molecular weight excluding hydrogens is 230 g/mol. The second kappa shape index (κ2) is 8.04. The van der Waals surface area contributed by atoms with Crippen LogP contribution >= 0.6 is 15.9 Å². The summed E-state index contributed by atoms with van der Waals surface area (Å²) in [6.45, 7) is 3.62. The first-order valence-electron chi connectivity index (χ1n) is 4.30. The molecule has 0 aliphatic rings. The topological polar surface area (TPSA) is 50.8 Å². The van der Waals surface area contributed by atoms with Gasteiger partial charge in [-0.3, -0.25) is 4.90 Å². The van der Waals surface area contributed by atoms with Crippen LogP contribution in [0.15, 0.2) is 0 Å². The van der Waals surface area contributed by atoms with Crippen molar-refractivity contribution in [2.24, 2.45) is 5.92 Å². The number of nitrogens with zero attached hydrogens (tertiary/aromatic N) is 3. The van der Waals surface area contributed by atoms with Crippen molar-refractivity contribution in [2.45, 2.75) is 13.3 Å². The Bertz CT molecular complexity index is 184. The van der Waals surface area contributed by atoms with E-state index in [2.05, 4.69) is 35.0 Å². The van der Waals surface area contributed by atoms with Gasteiger partial charge in [-0.05, 0) is 5.92 Å². The first-order valence-corrected chi connectivity index (χ1v) is 5.42. The van der Waals surface area contributed by atoms with E-state index in [-0.39, 0.29) is 0 Å². The molecule has 1 unspecified atom stereocenters. The molecule has 0 radical (unpaired) electrons. The summed E-state index contributed by atoms with van der Waals surface area (Å²) in [5.41, 5.74) is 0. The second-order valence-electron chi connectivity index (χ2n) is 2.91. The smallest absolute Gasteiger partial charge is 0.0874 e. The third kappa shape index (κ3) is 5.63. The van der Waals surface area contributed by atoms with Crippen molar-refractivity contribution < 1.29 is 0 Å². The van der Waals surface area contributed by atoms with E-state index in [9.17, 15) is 0 Å². The standard InChI is InChI=1S/C9H14BrN3/c1-2-9(7-10)8-13(5-3-11)6-4-12/h9H,2,5-8H2,1H3. The van der Waals surface area contributed by atoms with Gasteiger partial charge in [0.1, 0.15) is 0 Å². The number of rotatable bonds is 6. The zero-order chi connectivity index (χ0) is 10.1. The highest BCUT2D eigenvalue weighted by Gasteiger charge is 2.10. The average molecular weight is 244 g/mol. The highest BCUT2D eigenvalue weighted by Crippen LogP contribution is 2.08. The summed E-state index contributed by atoms with van der Waals surface area (Å²) in [7, 11) is 0. The van der Waals surface area contributed by atoms with Crippen LogP contribution in [0.3, 0.4) is 0 Å². The minimum Gasteiger partial charge on any atom is -0.277 e. The molecule has 0 N–H and O–H groups in total.